The molecule has 0 fully saturated rings. The van der Waals surface area contributed by atoms with Crippen LogP contribution in [0.25, 0.3) is 22.2 Å². The Morgan fingerprint density at radius 3 is 2.36 bits per heavy atom. The van der Waals surface area contributed by atoms with Gasteiger partial charge in [-0.05, 0) is 57.3 Å². The second-order valence-electron chi connectivity index (χ2n) is 8.34. The SMILES string of the molecule is CCOc1ccnc(-c2cc(F)c(Oc3ccnc4cc(OCCCNC)c(OC)cc34)c(F)c2)c1C(N)=O. The Labute approximate surface area is 223 Å². The number of ether oxygens (including phenoxy) is 4. The van der Waals surface area contributed by atoms with E-state index in [0.29, 0.717) is 29.0 Å². The van der Waals surface area contributed by atoms with Crippen LogP contribution in [-0.2, 0) is 0 Å². The first-order valence-electron chi connectivity index (χ1n) is 12.2. The van der Waals surface area contributed by atoms with Crippen molar-refractivity contribution in [2.24, 2.45) is 5.73 Å². The first-order valence-corrected chi connectivity index (χ1v) is 12.2. The van der Waals surface area contributed by atoms with E-state index in [4.69, 9.17) is 24.7 Å². The molecule has 0 spiro atoms. The quantitative estimate of drug-likeness (QED) is 0.246. The van der Waals surface area contributed by atoms with Crippen LogP contribution in [0.1, 0.15) is 23.7 Å². The van der Waals surface area contributed by atoms with Gasteiger partial charge in [0.1, 0.15) is 17.1 Å². The van der Waals surface area contributed by atoms with Gasteiger partial charge in [0, 0.05) is 29.4 Å². The molecule has 11 heteroatoms. The normalized spacial score (nSPS) is 10.9. The van der Waals surface area contributed by atoms with Crippen LogP contribution in [-0.4, -0.2) is 49.8 Å². The van der Waals surface area contributed by atoms with E-state index in [0.717, 1.165) is 25.1 Å². The number of halogens is 2. The number of amides is 1. The monoisotopic (exact) mass is 538 g/mol. The Bertz CT molecular complexity index is 1480. The summed E-state index contributed by atoms with van der Waals surface area (Å²) < 4.78 is 53.0. The van der Waals surface area contributed by atoms with Crippen molar-refractivity contribution in [3.63, 3.8) is 0 Å². The highest BCUT2D eigenvalue weighted by atomic mass is 19.1. The van der Waals surface area contributed by atoms with Crippen molar-refractivity contribution >= 4 is 16.8 Å². The number of carbonyl (C=O) groups excluding carboxylic acids is 1. The third kappa shape index (κ3) is 5.99. The lowest BCUT2D eigenvalue weighted by atomic mass is 10.0. The van der Waals surface area contributed by atoms with E-state index in [1.807, 2.05) is 7.05 Å². The number of nitrogens with one attached hydrogen (secondary N) is 1. The molecule has 0 unspecified atom stereocenters. The molecule has 9 nitrogen and oxygen atoms in total. The number of methoxy groups -OCH3 is 1. The highest BCUT2D eigenvalue weighted by molar-refractivity contribution is 6.01. The predicted molar refractivity (Wildman–Crippen MR) is 142 cm³/mol. The summed E-state index contributed by atoms with van der Waals surface area (Å²) in [5.74, 6) is -2.28. The molecule has 3 N–H and O–H groups in total. The number of hydrogen-bond donors (Lipinski definition) is 2. The maximum absolute atomic E-state index is 15.3. The molecule has 0 atom stereocenters. The van der Waals surface area contributed by atoms with Crippen molar-refractivity contribution in [3.8, 4) is 40.0 Å². The van der Waals surface area contributed by atoms with Crippen LogP contribution >= 0.6 is 0 Å². The number of nitrogens with zero attached hydrogens (tertiary/aromatic N) is 2. The first kappa shape index (κ1) is 27.5. The molecule has 4 rings (SSSR count). The van der Waals surface area contributed by atoms with E-state index in [9.17, 15) is 4.79 Å². The van der Waals surface area contributed by atoms with Gasteiger partial charge >= 0.3 is 0 Å². The maximum Gasteiger partial charge on any atom is 0.254 e. The topological polar surface area (TPSA) is 118 Å². The fourth-order valence-electron chi connectivity index (χ4n) is 4.00. The Kier molecular flexibility index (Phi) is 8.72. The summed E-state index contributed by atoms with van der Waals surface area (Å²) in [5, 5.41) is 3.51. The van der Waals surface area contributed by atoms with Crippen molar-refractivity contribution in [3.05, 3.63) is 66.0 Å². The molecule has 0 bridgehead atoms. The van der Waals surface area contributed by atoms with Crippen molar-refractivity contribution in [1.82, 2.24) is 15.3 Å². The molecule has 39 heavy (non-hydrogen) atoms. The molecule has 0 aliphatic rings. The lowest BCUT2D eigenvalue weighted by Gasteiger charge is -2.15. The third-order valence-electron chi connectivity index (χ3n) is 5.76. The number of carbonyl (C=O) groups is 1. The van der Waals surface area contributed by atoms with Gasteiger partial charge in [-0.1, -0.05) is 0 Å². The number of aromatic nitrogens is 2. The minimum absolute atomic E-state index is 0.00553. The molecular weight excluding hydrogens is 510 g/mol. The van der Waals surface area contributed by atoms with Gasteiger partial charge in [-0.3, -0.25) is 14.8 Å². The molecule has 204 valence electrons. The van der Waals surface area contributed by atoms with Crippen molar-refractivity contribution in [1.29, 1.82) is 0 Å². The maximum atomic E-state index is 15.3. The lowest BCUT2D eigenvalue weighted by molar-refractivity contribution is 0.0997. The Hall–Kier alpha value is -4.51. The van der Waals surface area contributed by atoms with Crippen LogP contribution in [0.2, 0.25) is 0 Å². The number of rotatable bonds is 12. The summed E-state index contributed by atoms with van der Waals surface area (Å²) in [4.78, 5) is 20.6. The Morgan fingerprint density at radius 1 is 0.974 bits per heavy atom. The summed E-state index contributed by atoms with van der Waals surface area (Å²) in [5.41, 5.74) is 5.90. The first-order chi connectivity index (χ1) is 18.9. The number of fused-ring (bicyclic) bond motifs is 1. The van der Waals surface area contributed by atoms with Crippen LogP contribution in [0.15, 0.2) is 48.8 Å². The van der Waals surface area contributed by atoms with Crippen LogP contribution in [0.4, 0.5) is 8.78 Å². The van der Waals surface area contributed by atoms with Gasteiger partial charge in [0.2, 0.25) is 0 Å². The van der Waals surface area contributed by atoms with Gasteiger partial charge in [-0.25, -0.2) is 8.78 Å². The van der Waals surface area contributed by atoms with E-state index in [1.54, 1.807) is 19.1 Å². The molecule has 2 aromatic carbocycles. The Balaban J connectivity index is 1.70. The fraction of sp³-hybridized carbons (Fsp3) is 0.250. The average Bonchev–Trinajstić information content (AvgIpc) is 2.92. The van der Waals surface area contributed by atoms with Crippen LogP contribution in [0.3, 0.4) is 0 Å². The van der Waals surface area contributed by atoms with E-state index in [1.165, 1.54) is 31.6 Å². The number of benzene rings is 2. The number of hydrogen-bond acceptors (Lipinski definition) is 8. The van der Waals surface area contributed by atoms with Crippen molar-refractivity contribution < 1.29 is 32.5 Å². The van der Waals surface area contributed by atoms with Gasteiger partial charge in [0.15, 0.2) is 28.9 Å². The van der Waals surface area contributed by atoms with Crippen LogP contribution in [0.5, 0.6) is 28.7 Å². The van der Waals surface area contributed by atoms with Crippen LogP contribution < -0.4 is 30.0 Å². The number of nitrogens with two attached hydrogens (primary N) is 1. The largest absolute Gasteiger partial charge is 0.493 e. The van der Waals surface area contributed by atoms with E-state index in [2.05, 4.69) is 15.3 Å². The molecule has 0 aliphatic carbocycles. The second-order valence-corrected chi connectivity index (χ2v) is 8.34. The highest BCUT2D eigenvalue weighted by Gasteiger charge is 2.22. The molecule has 2 aromatic heterocycles. The zero-order valence-corrected chi connectivity index (χ0v) is 21.7. The lowest BCUT2D eigenvalue weighted by Crippen LogP contribution is -2.15. The molecule has 0 radical (unpaired) electrons. The molecule has 0 aliphatic heterocycles. The summed E-state index contributed by atoms with van der Waals surface area (Å²) in [6.07, 6.45) is 3.61. The Morgan fingerprint density at radius 2 is 1.69 bits per heavy atom. The van der Waals surface area contributed by atoms with Gasteiger partial charge in [0.05, 0.1) is 31.5 Å². The predicted octanol–water partition coefficient (Wildman–Crippen LogP) is 4.86. The number of primary amides is 1. The smallest absolute Gasteiger partial charge is 0.254 e. The zero-order chi connectivity index (χ0) is 27.9. The molecule has 0 saturated carbocycles. The van der Waals surface area contributed by atoms with Gasteiger partial charge in [0.25, 0.3) is 5.91 Å². The second kappa shape index (κ2) is 12.4. The van der Waals surface area contributed by atoms with Crippen molar-refractivity contribution in [2.75, 3.05) is 33.9 Å². The molecule has 4 aromatic rings. The highest BCUT2D eigenvalue weighted by Crippen LogP contribution is 2.39. The zero-order valence-electron chi connectivity index (χ0n) is 21.7. The van der Waals surface area contributed by atoms with E-state index in [-0.39, 0.29) is 34.9 Å². The van der Waals surface area contributed by atoms with E-state index < -0.39 is 23.3 Å². The fourth-order valence-corrected chi connectivity index (χ4v) is 4.00. The van der Waals surface area contributed by atoms with Gasteiger partial charge in [-0.15, -0.1) is 0 Å². The molecular formula is C28H28F2N4O5. The third-order valence-corrected chi connectivity index (χ3v) is 5.76. The molecule has 2 heterocycles. The summed E-state index contributed by atoms with van der Waals surface area (Å²) >= 11 is 0. The van der Waals surface area contributed by atoms with E-state index >= 15 is 8.78 Å². The summed E-state index contributed by atoms with van der Waals surface area (Å²) in [6.45, 7) is 3.24. The minimum Gasteiger partial charge on any atom is -0.493 e. The minimum atomic E-state index is -1.01. The number of pyridine rings is 2. The molecule has 1 amide bonds. The van der Waals surface area contributed by atoms with Gasteiger partial charge in [-0.2, -0.15) is 0 Å². The van der Waals surface area contributed by atoms with Gasteiger partial charge < -0.3 is 30.0 Å². The molecule has 0 saturated heterocycles. The van der Waals surface area contributed by atoms with Crippen molar-refractivity contribution in [2.45, 2.75) is 13.3 Å². The van der Waals surface area contributed by atoms with Crippen LogP contribution in [0, 0.1) is 11.6 Å². The standard InChI is InChI=1S/C28H28F2N4O5/c1-4-37-22-7-10-34-26(25(22)28(31)35)16-12-18(29)27(19(30)13-16)39-21-6-9-33-20-15-24(38-11-5-8-32-2)23(36-3)14-17(20)21/h6-7,9-10,12-15,32H,4-5,8,11H2,1-3H3,(H2,31,35). The summed E-state index contributed by atoms with van der Waals surface area (Å²) in [7, 11) is 3.35. The summed E-state index contributed by atoms with van der Waals surface area (Å²) in [6, 6.07) is 8.30. The average molecular weight is 539 g/mol.